The number of amides is 1. The predicted molar refractivity (Wildman–Crippen MR) is 82.2 cm³/mol. The lowest BCUT2D eigenvalue weighted by atomic mass is 9.96. The largest absolute Gasteiger partial charge is 0.393 e. The molecule has 1 aromatic rings. The molecule has 0 bridgehead atoms. The quantitative estimate of drug-likeness (QED) is 0.894. The summed E-state index contributed by atoms with van der Waals surface area (Å²) in [5.41, 5.74) is 0.0695. The van der Waals surface area contributed by atoms with Crippen LogP contribution in [0.5, 0.6) is 0 Å². The molecule has 21 heavy (non-hydrogen) atoms. The van der Waals surface area contributed by atoms with Crippen molar-refractivity contribution >= 4 is 17.5 Å². The summed E-state index contributed by atoms with van der Waals surface area (Å²) >= 11 is 5.84. The highest BCUT2D eigenvalue weighted by atomic mass is 35.5. The molecule has 5 heteroatoms. The summed E-state index contributed by atoms with van der Waals surface area (Å²) in [6.45, 7) is 0.929. The normalized spacial score (nSPS) is 22.9. The van der Waals surface area contributed by atoms with Crippen molar-refractivity contribution in [1.29, 1.82) is 0 Å². The number of halogens is 1. The van der Waals surface area contributed by atoms with E-state index in [4.69, 9.17) is 11.6 Å². The van der Waals surface area contributed by atoms with Crippen LogP contribution in [-0.2, 0) is 11.2 Å². The zero-order valence-corrected chi connectivity index (χ0v) is 12.9. The molecular formula is C16H22ClNO3. The van der Waals surface area contributed by atoms with Crippen molar-refractivity contribution in [1.82, 2.24) is 4.90 Å². The maximum absolute atomic E-state index is 12.2. The van der Waals surface area contributed by atoms with E-state index in [9.17, 15) is 15.0 Å². The van der Waals surface area contributed by atoms with E-state index < -0.39 is 5.60 Å². The molecular weight excluding hydrogens is 290 g/mol. The molecule has 1 saturated heterocycles. The molecule has 1 aliphatic heterocycles. The van der Waals surface area contributed by atoms with Crippen LogP contribution in [0.1, 0.15) is 31.2 Å². The van der Waals surface area contributed by atoms with Gasteiger partial charge >= 0.3 is 0 Å². The first-order chi connectivity index (χ1) is 10.0. The van der Waals surface area contributed by atoms with E-state index in [0.29, 0.717) is 43.8 Å². The second kappa shape index (κ2) is 7.25. The monoisotopic (exact) mass is 311 g/mol. The number of nitrogens with zero attached hydrogens (tertiary/aromatic N) is 1. The highest BCUT2D eigenvalue weighted by Gasteiger charge is 2.30. The molecule has 1 aromatic carbocycles. The zero-order valence-electron chi connectivity index (χ0n) is 12.1. The minimum atomic E-state index is -1.02. The lowest BCUT2D eigenvalue weighted by Crippen LogP contribution is -2.36. The number of benzene rings is 1. The number of likely N-dealkylation sites (tertiary alicyclic amines) is 1. The van der Waals surface area contributed by atoms with Crippen LogP contribution in [0, 0.1) is 0 Å². The molecule has 0 spiro atoms. The fourth-order valence-corrected chi connectivity index (χ4v) is 2.77. The van der Waals surface area contributed by atoms with Gasteiger partial charge < -0.3 is 15.1 Å². The molecule has 1 heterocycles. The van der Waals surface area contributed by atoms with Gasteiger partial charge in [-0.05, 0) is 43.4 Å². The number of carbonyl (C=O) groups excluding carboxylic acids is 1. The highest BCUT2D eigenvalue weighted by Crippen LogP contribution is 2.22. The molecule has 116 valence electrons. The maximum Gasteiger partial charge on any atom is 0.222 e. The third kappa shape index (κ3) is 4.70. The molecule has 0 unspecified atom stereocenters. The number of carbonyl (C=O) groups is 1. The van der Waals surface area contributed by atoms with Crippen LogP contribution in [0.2, 0.25) is 5.02 Å². The number of aliphatic hydroxyl groups excluding tert-OH is 1. The lowest BCUT2D eigenvalue weighted by Gasteiger charge is -2.24. The Labute approximate surface area is 130 Å². The third-order valence-electron chi connectivity index (χ3n) is 4.11. The van der Waals surface area contributed by atoms with E-state index >= 15 is 0 Å². The second-order valence-corrected chi connectivity index (χ2v) is 6.18. The van der Waals surface area contributed by atoms with Gasteiger partial charge in [-0.3, -0.25) is 4.79 Å². The van der Waals surface area contributed by atoms with Gasteiger partial charge in [0.05, 0.1) is 12.2 Å². The molecule has 4 nitrogen and oxygen atoms in total. The van der Waals surface area contributed by atoms with Gasteiger partial charge in [-0.25, -0.2) is 0 Å². The fourth-order valence-electron chi connectivity index (χ4n) is 2.65. The molecule has 0 saturated carbocycles. The summed E-state index contributed by atoms with van der Waals surface area (Å²) in [6.07, 6.45) is 2.86. The summed E-state index contributed by atoms with van der Waals surface area (Å²) in [5.74, 6) is 0.104. The van der Waals surface area contributed by atoms with Gasteiger partial charge in [0.15, 0.2) is 0 Å². The van der Waals surface area contributed by atoms with E-state index in [1.54, 1.807) is 4.90 Å². The van der Waals surface area contributed by atoms with Crippen molar-refractivity contribution in [2.75, 3.05) is 19.7 Å². The molecule has 0 radical (unpaired) electrons. The molecule has 1 amide bonds. The molecule has 0 aliphatic carbocycles. The van der Waals surface area contributed by atoms with Crippen molar-refractivity contribution in [2.24, 2.45) is 0 Å². The van der Waals surface area contributed by atoms with Gasteiger partial charge in [0.2, 0.25) is 5.91 Å². The predicted octanol–water partition coefficient (Wildman–Crippen LogP) is 2.01. The van der Waals surface area contributed by atoms with Crippen LogP contribution in [0.3, 0.4) is 0 Å². The lowest BCUT2D eigenvalue weighted by molar-refractivity contribution is -0.131. The van der Waals surface area contributed by atoms with Crippen molar-refractivity contribution in [3.8, 4) is 0 Å². The number of hydrogen-bond acceptors (Lipinski definition) is 3. The van der Waals surface area contributed by atoms with Gasteiger partial charge in [-0.2, -0.15) is 0 Å². The van der Waals surface area contributed by atoms with Crippen LogP contribution in [-0.4, -0.2) is 46.3 Å². The topological polar surface area (TPSA) is 60.8 Å². The van der Waals surface area contributed by atoms with E-state index in [-0.39, 0.29) is 12.5 Å². The number of aryl methyl sites for hydroxylation is 1. The first-order valence-electron chi connectivity index (χ1n) is 7.38. The minimum absolute atomic E-state index is 0.104. The smallest absolute Gasteiger partial charge is 0.222 e. The highest BCUT2D eigenvalue weighted by molar-refractivity contribution is 6.30. The van der Waals surface area contributed by atoms with Crippen LogP contribution < -0.4 is 0 Å². The van der Waals surface area contributed by atoms with Crippen LogP contribution >= 0.6 is 11.6 Å². The van der Waals surface area contributed by atoms with E-state index in [1.807, 2.05) is 24.3 Å². The Balaban J connectivity index is 1.84. The minimum Gasteiger partial charge on any atom is -0.393 e. The Morgan fingerprint density at radius 2 is 1.95 bits per heavy atom. The molecule has 2 N–H and O–H groups in total. The fraction of sp³-hybridized carbons (Fsp3) is 0.562. The molecule has 0 aromatic heterocycles. The Bertz CT molecular complexity index is 477. The Kier molecular flexibility index (Phi) is 5.62. The Hall–Kier alpha value is -1.10. The van der Waals surface area contributed by atoms with E-state index in [1.165, 1.54) is 0 Å². The average Bonchev–Trinajstić information content (AvgIpc) is 2.69. The summed E-state index contributed by atoms with van der Waals surface area (Å²) < 4.78 is 0. The van der Waals surface area contributed by atoms with Crippen molar-refractivity contribution in [3.63, 3.8) is 0 Å². The third-order valence-corrected chi connectivity index (χ3v) is 4.36. The Morgan fingerprint density at radius 3 is 2.62 bits per heavy atom. The number of rotatable bonds is 4. The summed E-state index contributed by atoms with van der Waals surface area (Å²) in [4.78, 5) is 14.0. The van der Waals surface area contributed by atoms with Gasteiger partial charge in [0, 0.05) is 24.5 Å². The van der Waals surface area contributed by atoms with Gasteiger partial charge in [0.25, 0.3) is 0 Å². The van der Waals surface area contributed by atoms with Crippen LogP contribution in [0.4, 0.5) is 0 Å². The maximum atomic E-state index is 12.2. The summed E-state index contributed by atoms with van der Waals surface area (Å²) in [7, 11) is 0. The average molecular weight is 312 g/mol. The SMILES string of the molecule is O=C(CCc1ccc(Cl)cc1)N1CCC[C@](O)(CO)CC1. The molecule has 2 rings (SSSR count). The first-order valence-corrected chi connectivity index (χ1v) is 7.76. The number of aliphatic hydroxyl groups is 2. The van der Waals surface area contributed by atoms with E-state index in [0.717, 1.165) is 12.0 Å². The summed E-state index contributed by atoms with van der Waals surface area (Å²) in [6, 6.07) is 7.52. The van der Waals surface area contributed by atoms with Crippen molar-refractivity contribution in [3.05, 3.63) is 34.9 Å². The molecule has 1 aliphatic rings. The zero-order chi connectivity index (χ0) is 15.3. The van der Waals surface area contributed by atoms with Gasteiger partial charge in [0.1, 0.15) is 0 Å². The van der Waals surface area contributed by atoms with Crippen molar-refractivity contribution < 1.29 is 15.0 Å². The molecule has 1 fully saturated rings. The number of hydrogen-bond donors (Lipinski definition) is 2. The first kappa shape index (κ1) is 16.3. The standard InChI is InChI=1S/C16H22ClNO3/c17-14-5-2-13(3-6-14)4-7-15(20)18-10-1-8-16(21,12-19)9-11-18/h2-3,5-6,19,21H,1,4,7-12H2/t16-/m1/s1. The van der Waals surface area contributed by atoms with Crippen molar-refractivity contribution in [2.45, 2.75) is 37.7 Å². The molecule has 1 atom stereocenters. The Morgan fingerprint density at radius 1 is 1.24 bits per heavy atom. The van der Waals surface area contributed by atoms with Crippen LogP contribution in [0.25, 0.3) is 0 Å². The second-order valence-electron chi connectivity index (χ2n) is 5.74. The van der Waals surface area contributed by atoms with Gasteiger partial charge in [-0.15, -0.1) is 0 Å². The van der Waals surface area contributed by atoms with E-state index in [2.05, 4.69) is 0 Å². The van der Waals surface area contributed by atoms with Gasteiger partial charge in [-0.1, -0.05) is 23.7 Å². The summed E-state index contributed by atoms with van der Waals surface area (Å²) in [5, 5.41) is 20.0. The van der Waals surface area contributed by atoms with Crippen LogP contribution in [0.15, 0.2) is 24.3 Å².